The number of ether oxygens (including phenoxy) is 1. The number of carbonyl (C=O) groups is 1. The number of benzene rings is 2. The molecule has 2 aromatic rings. The Labute approximate surface area is 153 Å². The summed E-state index contributed by atoms with van der Waals surface area (Å²) in [7, 11) is 1.63. The first-order valence-electron chi connectivity index (χ1n) is 8.66. The number of hydrogen-bond acceptors (Lipinski definition) is 3. The second-order valence-electron chi connectivity index (χ2n) is 6.43. The standard InChI is InChI=1S/C20H24N2O2S/c1-14(13-20(23)22-15-7-9-16(24-2)10-8-15)21-18-11-12-25-19-6-4-3-5-17(18)19/h3-10,14,18,21H,11-13H2,1-2H3,(H,22,23)/p+1/t14-,18-/m0/s1. The van der Waals surface area contributed by atoms with Gasteiger partial charge in [0.25, 0.3) is 0 Å². The molecule has 0 saturated carbocycles. The molecule has 5 heteroatoms. The molecule has 3 N–H and O–H groups in total. The average Bonchev–Trinajstić information content (AvgIpc) is 2.62. The Morgan fingerprint density at radius 2 is 2.04 bits per heavy atom. The summed E-state index contributed by atoms with van der Waals surface area (Å²) in [5.74, 6) is 1.98. The van der Waals surface area contributed by atoms with E-state index in [9.17, 15) is 4.79 Å². The Kier molecular flexibility index (Phi) is 6.00. The number of carbonyl (C=O) groups excluding carboxylic acids is 1. The van der Waals surface area contributed by atoms with Gasteiger partial charge in [-0.1, -0.05) is 18.2 Å². The molecule has 0 fully saturated rings. The van der Waals surface area contributed by atoms with Gasteiger partial charge in [-0.15, -0.1) is 11.8 Å². The minimum absolute atomic E-state index is 0.0485. The van der Waals surface area contributed by atoms with Gasteiger partial charge < -0.3 is 15.4 Å². The molecule has 0 aliphatic carbocycles. The van der Waals surface area contributed by atoms with Crippen LogP contribution in [-0.2, 0) is 4.79 Å². The van der Waals surface area contributed by atoms with E-state index in [0.717, 1.165) is 23.6 Å². The molecule has 0 aromatic heterocycles. The number of rotatable bonds is 6. The maximum Gasteiger partial charge on any atom is 0.230 e. The first kappa shape index (κ1) is 17.8. The van der Waals surface area contributed by atoms with Crippen molar-refractivity contribution >= 4 is 23.4 Å². The van der Waals surface area contributed by atoms with Crippen molar-refractivity contribution in [3.8, 4) is 5.75 Å². The summed E-state index contributed by atoms with van der Waals surface area (Å²) in [6.45, 7) is 2.12. The van der Waals surface area contributed by atoms with Crippen molar-refractivity contribution in [1.82, 2.24) is 0 Å². The van der Waals surface area contributed by atoms with Crippen molar-refractivity contribution in [2.24, 2.45) is 0 Å². The largest absolute Gasteiger partial charge is 0.497 e. The average molecular weight is 357 g/mol. The summed E-state index contributed by atoms with van der Waals surface area (Å²) >= 11 is 1.93. The monoisotopic (exact) mass is 357 g/mol. The fourth-order valence-corrected chi connectivity index (χ4v) is 4.37. The second kappa shape index (κ2) is 8.41. The van der Waals surface area contributed by atoms with E-state index in [0.29, 0.717) is 12.5 Å². The molecule has 1 heterocycles. The molecule has 0 bridgehead atoms. The van der Waals surface area contributed by atoms with Crippen LogP contribution in [0.15, 0.2) is 53.4 Å². The number of fused-ring (bicyclic) bond motifs is 1. The van der Waals surface area contributed by atoms with E-state index >= 15 is 0 Å². The van der Waals surface area contributed by atoms with Gasteiger partial charge in [0, 0.05) is 28.3 Å². The zero-order chi connectivity index (χ0) is 17.6. The lowest BCUT2D eigenvalue weighted by Crippen LogP contribution is -2.90. The molecule has 1 aliphatic heterocycles. The van der Waals surface area contributed by atoms with E-state index in [1.807, 2.05) is 36.0 Å². The Bertz CT molecular complexity index is 718. The summed E-state index contributed by atoms with van der Waals surface area (Å²) in [5.41, 5.74) is 2.21. The van der Waals surface area contributed by atoms with Gasteiger partial charge in [-0.3, -0.25) is 4.79 Å². The molecular formula is C20H25N2O2S+. The van der Waals surface area contributed by atoms with Crippen LogP contribution in [0.4, 0.5) is 5.69 Å². The Balaban J connectivity index is 1.53. The van der Waals surface area contributed by atoms with Crippen LogP contribution in [0.5, 0.6) is 5.75 Å². The second-order valence-corrected chi connectivity index (χ2v) is 7.57. The number of anilines is 1. The smallest absolute Gasteiger partial charge is 0.230 e. The van der Waals surface area contributed by atoms with Crippen LogP contribution in [-0.4, -0.2) is 24.8 Å². The van der Waals surface area contributed by atoms with Crippen molar-refractivity contribution < 1.29 is 14.8 Å². The van der Waals surface area contributed by atoms with E-state index < -0.39 is 0 Å². The van der Waals surface area contributed by atoms with Crippen molar-refractivity contribution in [1.29, 1.82) is 0 Å². The summed E-state index contributed by atoms with van der Waals surface area (Å²) in [6, 6.07) is 16.7. The minimum atomic E-state index is 0.0485. The molecule has 25 heavy (non-hydrogen) atoms. The fraction of sp³-hybridized carbons (Fsp3) is 0.350. The third-order valence-corrected chi connectivity index (χ3v) is 5.57. The number of nitrogens with one attached hydrogen (secondary N) is 1. The van der Waals surface area contributed by atoms with Gasteiger partial charge in [0.1, 0.15) is 11.8 Å². The lowest BCUT2D eigenvalue weighted by Gasteiger charge is -2.25. The van der Waals surface area contributed by atoms with Gasteiger partial charge >= 0.3 is 0 Å². The summed E-state index contributed by atoms with van der Waals surface area (Å²) in [4.78, 5) is 13.7. The molecular weight excluding hydrogens is 332 g/mol. The lowest BCUT2D eigenvalue weighted by atomic mass is 10.0. The maximum atomic E-state index is 12.3. The normalized spacial score (nSPS) is 17.4. The third-order valence-electron chi connectivity index (χ3n) is 4.45. The zero-order valence-corrected chi connectivity index (χ0v) is 15.5. The number of quaternary nitrogens is 1. The van der Waals surface area contributed by atoms with Crippen molar-refractivity contribution in [3.05, 3.63) is 54.1 Å². The fourth-order valence-electron chi connectivity index (χ4n) is 3.21. The zero-order valence-electron chi connectivity index (χ0n) is 14.7. The SMILES string of the molecule is COc1ccc(NC(=O)C[C@H](C)[NH2+][C@H]2CCSc3ccccc32)cc1. The van der Waals surface area contributed by atoms with Gasteiger partial charge in [0.05, 0.1) is 19.6 Å². The molecule has 4 nitrogen and oxygen atoms in total. The van der Waals surface area contributed by atoms with Crippen LogP contribution in [0.25, 0.3) is 0 Å². The van der Waals surface area contributed by atoms with E-state index in [1.54, 1.807) is 7.11 Å². The Hall–Kier alpha value is -1.98. The number of nitrogens with two attached hydrogens (primary N) is 1. The van der Waals surface area contributed by atoms with Crippen LogP contribution in [0.2, 0.25) is 0 Å². The van der Waals surface area contributed by atoms with E-state index in [4.69, 9.17) is 4.74 Å². The van der Waals surface area contributed by atoms with Gasteiger partial charge in [-0.05, 0) is 37.3 Å². The topological polar surface area (TPSA) is 54.9 Å². The molecule has 0 spiro atoms. The highest BCUT2D eigenvalue weighted by atomic mass is 32.2. The molecule has 2 aromatic carbocycles. The third kappa shape index (κ3) is 4.77. The van der Waals surface area contributed by atoms with Crippen LogP contribution in [0, 0.1) is 0 Å². The summed E-state index contributed by atoms with van der Waals surface area (Å²) in [5, 5.41) is 5.30. The minimum Gasteiger partial charge on any atom is -0.497 e. The molecule has 2 atom stereocenters. The highest BCUT2D eigenvalue weighted by Gasteiger charge is 2.25. The molecule has 3 rings (SSSR count). The number of hydrogen-bond donors (Lipinski definition) is 2. The first-order chi connectivity index (χ1) is 12.2. The molecule has 1 aliphatic rings. The predicted molar refractivity (Wildman–Crippen MR) is 102 cm³/mol. The summed E-state index contributed by atoms with van der Waals surface area (Å²) < 4.78 is 5.13. The van der Waals surface area contributed by atoms with Gasteiger partial charge in [-0.2, -0.15) is 0 Å². The Morgan fingerprint density at radius 1 is 1.28 bits per heavy atom. The molecule has 0 radical (unpaired) electrons. The van der Waals surface area contributed by atoms with E-state index in [-0.39, 0.29) is 11.9 Å². The number of methoxy groups -OCH3 is 1. The highest BCUT2D eigenvalue weighted by Crippen LogP contribution is 2.33. The van der Waals surface area contributed by atoms with Crippen molar-refractivity contribution in [2.45, 2.75) is 36.7 Å². The van der Waals surface area contributed by atoms with Crippen molar-refractivity contribution in [2.75, 3.05) is 18.2 Å². The van der Waals surface area contributed by atoms with E-state index in [1.165, 1.54) is 10.5 Å². The molecule has 1 amide bonds. The predicted octanol–water partition coefficient (Wildman–Crippen LogP) is 3.21. The first-order valence-corrected chi connectivity index (χ1v) is 9.65. The highest BCUT2D eigenvalue weighted by molar-refractivity contribution is 7.99. The van der Waals surface area contributed by atoms with Crippen LogP contribution >= 0.6 is 11.8 Å². The summed E-state index contributed by atoms with van der Waals surface area (Å²) in [6.07, 6.45) is 1.64. The van der Waals surface area contributed by atoms with Gasteiger partial charge in [0.2, 0.25) is 5.91 Å². The lowest BCUT2D eigenvalue weighted by molar-refractivity contribution is -0.724. The maximum absolute atomic E-state index is 12.3. The number of amides is 1. The Morgan fingerprint density at radius 3 is 2.80 bits per heavy atom. The van der Waals surface area contributed by atoms with Gasteiger partial charge in [-0.25, -0.2) is 0 Å². The van der Waals surface area contributed by atoms with Gasteiger partial charge in [0.15, 0.2) is 0 Å². The van der Waals surface area contributed by atoms with Crippen molar-refractivity contribution in [3.63, 3.8) is 0 Å². The van der Waals surface area contributed by atoms with Crippen LogP contribution in [0.1, 0.15) is 31.4 Å². The van der Waals surface area contributed by atoms with Crippen LogP contribution in [0.3, 0.4) is 0 Å². The quantitative estimate of drug-likeness (QED) is 0.835. The number of thioether (sulfide) groups is 1. The molecule has 132 valence electrons. The van der Waals surface area contributed by atoms with E-state index in [2.05, 4.69) is 41.8 Å². The molecule has 0 saturated heterocycles. The molecule has 0 unspecified atom stereocenters. The van der Waals surface area contributed by atoms with Crippen LogP contribution < -0.4 is 15.4 Å².